The molecule has 3 nitrogen and oxygen atoms in total. The van der Waals surface area contributed by atoms with Crippen LogP contribution in [0.15, 0.2) is 0 Å². The molecule has 0 atom stereocenters. The van der Waals surface area contributed by atoms with Crippen molar-refractivity contribution >= 4 is 70.0 Å². The molecule has 0 unspecified atom stereocenters. The Morgan fingerprint density at radius 1 is 1.29 bits per heavy atom. The van der Waals surface area contributed by atoms with Crippen molar-refractivity contribution in [3.63, 3.8) is 0 Å². The molecule has 0 heterocycles. The Labute approximate surface area is 108 Å². The second-order valence-electron chi connectivity index (χ2n) is 0.283. The average molecular weight is 238 g/mol. The molecule has 0 aliphatic heterocycles. The van der Waals surface area contributed by atoms with Crippen LogP contribution in [0.1, 0.15) is 0 Å². The third kappa shape index (κ3) is 56.9. The van der Waals surface area contributed by atoms with E-state index >= 15 is 0 Å². The zero-order valence-electron chi connectivity index (χ0n) is 2.30. The Balaban J connectivity index is -0.0000000150. The first-order valence-electron chi connectivity index (χ1n) is 0.651. The molecule has 0 aromatic heterocycles. The molecule has 7 heavy (non-hydrogen) atoms. The number of hydrogen-bond acceptors (Lipinski definition) is 1. The van der Waals surface area contributed by atoms with E-state index in [1.807, 2.05) is 0 Å². The van der Waals surface area contributed by atoms with Crippen LogP contribution in [-0.2, 0) is 30.7 Å². The van der Waals surface area contributed by atoms with Crippen molar-refractivity contribution in [3.05, 3.63) is 0 Å². The summed E-state index contributed by atoms with van der Waals surface area (Å²) < 4.78 is 8.74. The van der Waals surface area contributed by atoms with Gasteiger partial charge in [0.15, 0.2) is 0 Å². The molecule has 0 rings (SSSR count). The number of rotatable bonds is 0. The van der Waals surface area contributed by atoms with Gasteiger partial charge >= 0.3 is 70.0 Å². The molecule has 36 valence electrons. The van der Waals surface area contributed by atoms with E-state index in [9.17, 15) is 0 Å². The summed E-state index contributed by atoms with van der Waals surface area (Å²) in [6.45, 7) is 0. The maximum atomic E-state index is 8.74. The first-order chi connectivity index (χ1) is 1.73. The van der Waals surface area contributed by atoms with Gasteiger partial charge < -0.3 is 9.59 Å². The fourth-order valence-corrected chi connectivity index (χ4v) is 0. The van der Waals surface area contributed by atoms with Crippen LogP contribution in [0, 0.1) is 0 Å². The first-order valence-corrected chi connectivity index (χ1v) is 1.95. The zero-order valence-corrected chi connectivity index (χ0v) is 5.76. The molecule has 0 bridgehead atoms. The minimum Gasteiger partial charge on any atom is 0 e. The van der Waals surface area contributed by atoms with E-state index in [1.165, 1.54) is 0 Å². The molecule has 0 saturated carbocycles. The van der Waals surface area contributed by atoms with Crippen molar-refractivity contribution in [2.75, 3.05) is 0 Å². The summed E-state index contributed by atoms with van der Waals surface area (Å²) in [6.07, 6.45) is 0. The Morgan fingerprint density at radius 3 is 1.29 bits per heavy atom. The third-order valence-electron chi connectivity index (χ3n) is 0. The van der Waals surface area contributed by atoms with Crippen LogP contribution in [0.25, 0.3) is 0 Å². The molecule has 0 aromatic carbocycles. The van der Waals surface area contributed by atoms with Crippen LogP contribution >= 0.6 is 0 Å². The fourth-order valence-electron chi connectivity index (χ4n) is 0. The van der Waals surface area contributed by atoms with E-state index in [4.69, 9.17) is 14.1 Å². The van der Waals surface area contributed by atoms with Crippen molar-refractivity contribution in [1.29, 1.82) is 0 Å². The minimum absolute atomic E-state index is 0. The van der Waals surface area contributed by atoms with Gasteiger partial charge in [-0.15, -0.1) is 0 Å². The molecule has 0 spiro atoms. The predicted octanol–water partition coefficient (Wildman–Crippen LogP) is -3.45. The Bertz CT molecular complexity index is 37.9. The molecule has 0 aromatic rings. The molecule has 0 radical (unpaired) electrons. The van der Waals surface area contributed by atoms with Crippen molar-refractivity contribution in [2.45, 2.75) is 0 Å². The van der Waals surface area contributed by atoms with E-state index in [0.717, 1.165) is 0 Å². The zero-order chi connectivity index (χ0) is 3.58. The van der Waals surface area contributed by atoms with Gasteiger partial charge in [0.2, 0.25) is 0 Å². The quantitative estimate of drug-likeness (QED) is 0.431. The largest absolute Gasteiger partial charge is 0.316 e. The van der Waals surface area contributed by atoms with E-state index in [0.29, 0.717) is 0 Å². The molecule has 0 fully saturated rings. The molecule has 2 N–H and O–H groups in total. The summed E-state index contributed by atoms with van der Waals surface area (Å²) in [6, 6.07) is 0. The normalized spacial score (nSPS) is 3.43. The first kappa shape index (κ1) is 22.7. The third-order valence-corrected chi connectivity index (χ3v) is 0. The van der Waals surface area contributed by atoms with Crippen molar-refractivity contribution < 1.29 is 40.3 Å². The van der Waals surface area contributed by atoms with Crippen molar-refractivity contribution in [3.8, 4) is 0 Å². The van der Waals surface area contributed by atoms with Crippen LogP contribution in [0.5, 0.6) is 0 Å². The monoisotopic (exact) mass is 236 g/mol. The molecular formula is H6CaMgO3SiZr. The second kappa shape index (κ2) is 15.8. The van der Waals surface area contributed by atoms with Crippen LogP contribution in [0.3, 0.4) is 0 Å². The Kier molecular flexibility index (Phi) is 51.2. The van der Waals surface area contributed by atoms with Crippen LogP contribution in [-0.4, -0.2) is 79.6 Å². The summed E-state index contributed by atoms with van der Waals surface area (Å²) >= 11 is 0. The minimum atomic E-state index is -3.13. The van der Waals surface area contributed by atoms with Gasteiger partial charge in [-0.2, -0.15) is 0 Å². The van der Waals surface area contributed by atoms with Gasteiger partial charge in [0.25, 0.3) is 0 Å². The topological polar surface area (TPSA) is 57.5 Å². The van der Waals surface area contributed by atoms with Gasteiger partial charge in [0.05, 0.1) is 0 Å². The van der Waals surface area contributed by atoms with Crippen molar-refractivity contribution in [1.82, 2.24) is 0 Å². The van der Waals surface area contributed by atoms with Gasteiger partial charge in [-0.1, -0.05) is 0 Å². The number of hydrogen-bond donors (Lipinski definition) is 2. The van der Waals surface area contributed by atoms with E-state index < -0.39 is 9.17 Å². The molecule has 7 heteroatoms. The molecular weight excluding hydrogens is 232 g/mol. The van der Waals surface area contributed by atoms with E-state index in [-0.39, 0.29) is 87.0 Å². The maximum Gasteiger partial charge on any atom is 0.316 e. The summed E-state index contributed by atoms with van der Waals surface area (Å²) in [5.74, 6) is 0. The van der Waals surface area contributed by atoms with Crippen LogP contribution in [0.4, 0.5) is 0 Å². The van der Waals surface area contributed by atoms with Crippen LogP contribution < -0.4 is 0 Å². The van der Waals surface area contributed by atoms with Gasteiger partial charge in [0.1, 0.15) is 0 Å². The predicted molar refractivity (Wildman–Crippen MR) is 28.0 cm³/mol. The molecule has 0 saturated heterocycles. The smallest absolute Gasteiger partial charge is 0 e. The van der Waals surface area contributed by atoms with Crippen LogP contribution in [0.2, 0.25) is 0 Å². The van der Waals surface area contributed by atoms with E-state index in [2.05, 4.69) is 0 Å². The van der Waals surface area contributed by atoms with Crippen molar-refractivity contribution in [2.24, 2.45) is 0 Å². The SMILES string of the molecule is O=[Si](O)O.[CaH2].[MgH2].[Zr]. The fraction of sp³-hybridized carbons (Fsp3) is 0. The maximum absolute atomic E-state index is 8.74. The average Bonchev–Trinajstić information content (AvgIpc) is 0.811. The summed E-state index contributed by atoms with van der Waals surface area (Å²) in [7, 11) is -3.13. The molecule has 0 aliphatic rings. The molecule has 0 aliphatic carbocycles. The summed E-state index contributed by atoms with van der Waals surface area (Å²) in [4.78, 5) is 14.3. The van der Waals surface area contributed by atoms with Gasteiger partial charge in [0, 0.05) is 26.2 Å². The molecule has 0 amide bonds. The standard InChI is InChI=1S/Ca.Mg.H2O3Si.Zr.4H/c;;1-4(2)3;;;;;/h;;1-2H;;;;;. The summed E-state index contributed by atoms with van der Waals surface area (Å²) in [5.41, 5.74) is 0. The Morgan fingerprint density at radius 2 is 1.29 bits per heavy atom. The van der Waals surface area contributed by atoms with Gasteiger partial charge in [-0.05, 0) is 0 Å². The van der Waals surface area contributed by atoms with Gasteiger partial charge in [-0.25, -0.2) is 0 Å². The van der Waals surface area contributed by atoms with E-state index in [1.54, 1.807) is 0 Å². The second-order valence-corrected chi connectivity index (χ2v) is 0.848. The van der Waals surface area contributed by atoms with Gasteiger partial charge in [-0.3, -0.25) is 4.46 Å². The Hall–Kier alpha value is 2.53. The summed E-state index contributed by atoms with van der Waals surface area (Å²) in [5, 5.41) is 0.